The van der Waals surface area contributed by atoms with Crippen LogP contribution in [0.5, 0.6) is 0 Å². The Morgan fingerprint density at radius 2 is 2.00 bits per heavy atom. The molecule has 6 nitrogen and oxygen atoms in total. The molecule has 1 aromatic heterocycles. The molecule has 0 radical (unpaired) electrons. The molecular weight excluding hydrogens is 316 g/mol. The van der Waals surface area contributed by atoms with Gasteiger partial charge in [-0.3, -0.25) is 10.1 Å². The number of nitrogens with zero attached hydrogens (tertiary/aromatic N) is 3. The predicted octanol–water partition coefficient (Wildman–Crippen LogP) is 3.62. The van der Waals surface area contributed by atoms with Crippen LogP contribution in [0, 0.1) is 17.0 Å². The molecular formula is C19H24N4O2. The van der Waals surface area contributed by atoms with Gasteiger partial charge in [-0.1, -0.05) is 18.2 Å². The average Bonchev–Trinajstić information content (AvgIpc) is 2.63. The zero-order chi connectivity index (χ0) is 17.8. The highest BCUT2D eigenvalue weighted by Gasteiger charge is 2.23. The van der Waals surface area contributed by atoms with Gasteiger partial charge in [-0.25, -0.2) is 4.98 Å². The lowest BCUT2D eigenvalue weighted by atomic mass is 9.98. The smallest absolute Gasteiger partial charge is 0.272 e. The average molecular weight is 340 g/mol. The number of aromatic nitrogens is 1. The highest BCUT2D eigenvalue weighted by atomic mass is 16.6. The van der Waals surface area contributed by atoms with E-state index in [1.54, 1.807) is 12.1 Å². The van der Waals surface area contributed by atoms with E-state index in [2.05, 4.69) is 22.1 Å². The van der Waals surface area contributed by atoms with Crippen molar-refractivity contribution < 1.29 is 4.92 Å². The van der Waals surface area contributed by atoms with Crippen LogP contribution < -0.4 is 10.2 Å². The summed E-state index contributed by atoms with van der Waals surface area (Å²) in [4.78, 5) is 17.5. The third kappa shape index (κ3) is 3.96. The van der Waals surface area contributed by atoms with Gasteiger partial charge in [0.15, 0.2) is 0 Å². The molecule has 1 aliphatic rings. The molecule has 0 amide bonds. The van der Waals surface area contributed by atoms with Gasteiger partial charge in [0.2, 0.25) is 0 Å². The van der Waals surface area contributed by atoms with Crippen molar-refractivity contribution in [3.8, 4) is 0 Å². The second-order valence-electron chi connectivity index (χ2n) is 6.59. The number of benzene rings is 1. The van der Waals surface area contributed by atoms with Gasteiger partial charge in [0.05, 0.1) is 4.92 Å². The normalized spacial score (nSPS) is 16.6. The highest BCUT2D eigenvalue weighted by molar-refractivity contribution is 5.45. The number of pyridine rings is 1. The number of hydrogen-bond donors (Lipinski definition) is 1. The first-order valence-corrected chi connectivity index (χ1v) is 8.72. The Labute approximate surface area is 148 Å². The molecule has 1 saturated heterocycles. The van der Waals surface area contributed by atoms with E-state index in [0.717, 1.165) is 42.9 Å². The quantitative estimate of drug-likeness (QED) is 0.665. The summed E-state index contributed by atoms with van der Waals surface area (Å²) >= 11 is 0. The maximum absolute atomic E-state index is 11.1. The number of piperidine rings is 1. The molecule has 1 aliphatic heterocycles. The fourth-order valence-corrected chi connectivity index (χ4v) is 3.57. The molecule has 1 unspecified atom stereocenters. The fraction of sp³-hybridized carbons (Fsp3) is 0.421. The van der Waals surface area contributed by atoms with E-state index >= 15 is 0 Å². The molecule has 25 heavy (non-hydrogen) atoms. The van der Waals surface area contributed by atoms with E-state index in [1.807, 2.05) is 37.4 Å². The molecule has 0 spiro atoms. The lowest BCUT2D eigenvalue weighted by Crippen LogP contribution is -2.43. The third-order valence-electron chi connectivity index (χ3n) is 4.96. The summed E-state index contributed by atoms with van der Waals surface area (Å²) in [6.45, 7) is 5.84. The predicted molar refractivity (Wildman–Crippen MR) is 98.9 cm³/mol. The number of anilines is 1. The summed E-state index contributed by atoms with van der Waals surface area (Å²) in [7, 11) is 0. The minimum atomic E-state index is -0.309. The van der Waals surface area contributed by atoms with Gasteiger partial charge in [0, 0.05) is 43.0 Å². The first-order valence-electron chi connectivity index (χ1n) is 8.72. The summed E-state index contributed by atoms with van der Waals surface area (Å²) in [5.74, 6) is 1.03. The maximum atomic E-state index is 11.1. The molecule has 2 aromatic rings. The van der Waals surface area contributed by atoms with Gasteiger partial charge in [0.1, 0.15) is 5.82 Å². The monoisotopic (exact) mass is 340 g/mol. The molecule has 1 fully saturated rings. The van der Waals surface area contributed by atoms with Gasteiger partial charge in [-0.2, -0.15) is 0 Å². The second kappa shape index (κ2) is 7.61. The molecule has 0 aliphatic carbocycles. The Hall–Kier alpha value is -2.47. The van der Waals surface area contributed by atoms with E-state index in [9.17, 15) is 10.1 Å². The topological polar surface area (TPSA) is 71.3 Å². The van der Waals surface area contributed by atoms with Gasteiger partial charge >= 0.3 is 0 Å². The van der Waals surface area contributed by atoms with Gasteiger partial charge in [0.25, 0.3) is 5.69 Å². The molecule has 2 heterocycles. The number of nitro groups is 1. The number of nitro benzene ring substituents is 1. The molecule has 132 valence electrons. The molecule has 6 heteroatoms. The van der Waals surface area contributed by atoms with E-state index in [4.69, 9.17) is 0 Å². The van der Waals surface area contributed by atoms with E-state index in [-0.39, 0.29) is 16.7 Å². The van der Waals surface area contributed by atoms with Crippen molar-refractivity contribution in [3.05, 3.63) is 63.8 Å². The van der Waals surface area contributed by atoms with Crippen molar-refractivity contribution in [2.24, 2.45) is 0 Å². The minimum Gasteiger partial charge on any atom is -0.357 e. The molecule has 1 N–H and O–H groups in total. The van der Waals surface area contributed by atoms with E-state index in [1.165, 1.54) is 0 Å². The highest BCUT2D eigenvalue weighted by Crippen LogP contribution is 2.27. The van der Waals surface area contributed by atoms with Crippen molar-refractivity contribution in [1.29, 1.82) is 0 Å². The van der Waals surface area contributed by atoms with Crippen molar-refractivity contribution in [2.75, 3.05) is 18.0 Å². The summed E-state index contributed by atoms with van der Waals surface area (Å²) in [6, 6.07) is 11.8. The minimum absolute atomic E-state index is 0.0892. The Morgan fingerprint density at radius 3 is 2.64 bits per heavy atom. The van der Waals surface area contributed by atoms with Crippen LogP contribution in [0.15, 0.2) is 42.6 Å². The van der Waals surface area contributed by atoms with Crippen LogP contribution in [0.2, 0.25) is 0 Å². The van der Waals surface area contributed by atoms with Crippen LogP contribution in [-0.2, 0) is 0 Å². The third-order valence-corrected chi connectivity index (χ3v) is 4.96. The SMILES string of the molecule is Cc1c(C(C)NC2CCN(c3ccccn3)CC2)cccc1[N+](=O)[O-]. The van der Waals surface area contributed by atoms with Gasteiger partial charge in [-0.15, -0.1) is 0 Å². The molecule has 0 saturated carbocycles. The zero-order valence-electron chi connectivity index (χ0n) is 14.7. The Bertz CT molecular complexity index is 727. The Balaban J connectivity index is 1.61. The van der Waals surface area contributed by atoms with Crippen LogP contribution in [0.3, 0.4) is 0 Å². The largest absolute Gasteiger partial charge is 0.357 e. The number of hydrogen-bond acceptors (Lipinski definition) is 5. The zero-order valence-corrected chi connectivity index (χ0v) is 14.7. The molecule has 1 atom stereocenters. The summed E-state index contributed by atoms with van der Waals surface area (Å²) in [5.41, 5.74) is 1.94. The Morgan fingerprint density at radius 1 is 1.24 bits per heavy atom. The van der Waals surface area contributed by atoms with Crippen LogP contribution in [0.4, 0.5) is 11.5 Å². The van der Waals surface area contributed by atoms with Crippen LogP contribution in [0.1, 0.15) is 36.9 Å². The van der Waals surface area contributed by atoms with Gasteiger partial charge in [-0.05, 0) is 44.4 Å². The van der Waals surface area contributed by atoms with Crippen molar-refractivity contribution in [2.45, 2.75) is 38.8 Å². The summed E-state index contributed by atoms with van der Waals surface area (Å²) < 4.78 is 0. The first kappa shape index (κ1) is 17.4. The van der Waals surface area contributed by atoms with Crippen LogP contribution >= 0.6 is 0 Å². The van der Waals surface area contributed by atoms with Crippen molar-refractivity contribution >= 4 is 11.5 Å². The number of nitrogens with one attached hydrogen (secondary N) is 1. The van der Waals surface area contributed by atoms with E-state index in [0.29, 0.717) is 6.04 Å². The lowest BCUT2D eigenvalue weighted by Gasteiger charge is -2.34. The summed E-state index contributed by atoms with van der Waals surface area (Å²) in [6.07, 6.45) is 3.90. The van der Waals surface area contributed by atoms with Crippen LogP contribution in [-0.4, -0.2) is 29.0 Å². The maximum Gasteiger partial charge on any atom is 0.272 e. The summed E-state index contributed by atoms with van der Waals surface area (Å²) in [5, 5.41) is 14.8. The van der Waals surface area contributed by atoms with Crippen molar-refractivity contribution in [1.82, 2.24) is 10.3 Å². The van der Waals surface area contributed by atoms with Gasteiger partial charge < -0.3 is 10.2 Å². The van der Waals surface area contributed by atoms with Crippen LogP contribution in [0.25, 0.3) is 0 Å². The standard InChI is InChI=1S/C19H24N4O2/c1-14-17(6-5-7-18(14)23(24)25)15(2)21-16-9-12-22(13-10-16)19-8-3-4-11-20-19/h3-8,11,15-16,21H,9-10,12-13H2,1-2H3. The molecule has 1 aromatic carbocycles. The molecule has 0 bridgehead atoms. The number of rotatable bonds is 5. The van der Waals surface area contributed by atoms with Crippen molar-refractivity contribution in [3.63, 3.8) is 0 Å². The van der Waals surface area contributed by atoms with E-state index < -0.39 is 0 Å². The Kier molecular flexibility index (Phi) is 5.28. The first-order chi connectivity index (χ1) is 12.1. The lowest BCUT2D eigenvalue weighted by molar-refractivity contribution is -0.385. The molecule has 3 rings (SSSR count). The fourth-order valence-electron chi connectivity index (χ4n) is 3.57. The second-order valence-corrected chi connectivity index (χ2v) is 6.59.